The molecule has 26 heavy (non-hydrogen) atoms. The van der Waals surface area contributed by atoms with Gasteiger partial charge in [-0.3, -0.25) is 5.84 Å². The maximum absolute atomic E-state index is 9.71. The Bertz CT molecular complexity index is 592. The molecule has 0 aliphatic rings. The quantitative estimate of drug-likeness (QED) is 0.206. The second-order valence-electron chi connectivity index (χ2n) is 4.93. The smallest absolute Gasteiger partial charge is 0.328 e. The van der Waals surface area contributed by atoms with Gasteiger partial charge in [0.2, 0.25) is 0 Å². The highest BCUT2D eigenvalue weighted by atomic mass is 32.2. The van der Waals surface area contributed by atoms with Crippen LogP contribution in [0.25, 0.3) is 0 Å². The number of hydrazine groups is 1. The standard InChI is InChI=1S/C12H20N2O3S.C4H4O4/c1-14(13)7-9(15)8-18-10-4-5-11(16-2)12(6-10)17-3;5-3(6)1-2-4(7)8/h4-6,9,15H,7-8,13H2,1-3H3;1-2H,(H,5,6)(H,7,8)/b;2-1+. The highest BCUT2D eigenvalue weighted by Crippen LogP contribution is 2.31. The van der Waals surface area contributed by atoms with Crippen LogP contribution in [0.3, 0.4) is 0 Å². The number of aliphatic hydroxyl groups is 1. The van der Waals surface area contributed by atoms with Crippen molar-refractivity contribution in [2.75, 3.05) is 33.6 Å². The van der Waals surface area contributed by atoms with Crippen LogP contribution >= 0.6 is 11.8 Å². The number of hydrogen-bond donors (Lipinski definition) is 4. The molecule has 0 saturated heterocycles. The fourth-order valence-electron chi connectivity index (χ4n) is 1.63. The van der Waals surface area contributed by atoms with Crippen LogP contribution in [-0.4, -0.2) is 71.9 Å². The zero-order valence-corrected chi connectivity index (χ0v) is 15.6. The second kappa shape index (κ2) is 13.0. The first kappa shape index (κ1) is 23.7. The zero-order valence-electron chi connectivity index (χ0n) is 14.8. The van der Waals surface area contributed by atoms with E-state index < -0.39 is 18.0 Å². The third-order valence-corrected chi connectivity index (χ3v) is 3.80. The molecule has 0 aromatic heterocycles. The number of nitrogens with two attached hydrogens (primary N) is 1. The Morgan fingerprint density at radius 3 is 2.15 bits per heavy atom. The normalized spacial score (nSPS) is 11.6. The first-order valence-electron chi connectivity index (χ1n) is 7.32. The fraction of sp³-hybridized carbons (Fsp3) is 0.375. The summed E-state index contributed by atoms with van der Waals surface area (Å²) in [5.74, 6) is 4.93. The van der Waals surface area contributed by atoms with Crippen LogP contribution in [0.4, 0.5) is 0 Å². The maximum Gasteiger partial charge on any atom is 0.328 e. The van der Waals surface area contributed by atoms with Gasteiger partial charge in [0.25, 0.3) is 0 Å². The molecule has 0 radical (unpaired) electrons. The number of hydrogen-bond acceptors (Lipinski definition) is 8. The van der Waals surface area contributed by atoms with E-state index in [4.69, 9.17) is 25.5 Å². The van der Waals surface area contributed by atoms with Crippen LogP contribution in [0.1, 0.15) is 0 Å². The van der Waals surface area contributed by atoms with E-state index in [1.807, 2.05) is 18.2 Å². The molecule has 0 fully saturated rings. The lowest BCUT2D eigenvalue weighted by Crippen LogP contribution is -2.35. The van der Waals surface area contributed by atoms with Crippen molar-refractivity contribution in [3.05, 3.63) is 30.4 Å². The fourth-order valence-corrected chi connectivity index (χ4v) is 2.47. The topological polar surface area (TPSA) is 143 Å². The van der Waals surface area contributed by atoms with Crippen molar-refractivity contribution in [3.8, 4) is 11.5 Å². The van der Waals surface area contributed by atoms with Gasteiger partial charge < -0.3 is 24.8 Å². The van der Waals surface area contributed by atoms with Crippen molar-refractivity contribution in [3.63, 3.8) is 0 Å². The number of ether oxygens (including phenoxy) is 2. The third kappa shape index (κ3) is 11.3. The minimum Gasteiger partial charge on any atom is -0.493 e. The zero-order chi connectivity index (χ0) is 20.1. The molecule has 1 atom stereocenters. The molecule has 5 N–H and O–H groups in total. The molecule has 0 bridgehead atoms. The van der Waals surface area contributed by atoms with Crippen LogP contribution in [0.2, 0.25) is 0 Å². The van der Waals surface area contributed by atoms with Gasteiger partial charge in [0, 0.05) is 36.4 Å². The molecule has 0 aliphatic heterocycles. The van der Waals surface area contributed by atoms with E-state index in [0.717, 1.165) is 4.90 Å². The molecule has 0 spiro atoms. The highest BCUT2D eigenvalue weighted by molar-refractivity contribution is 7.99. The summed E-state index contributed by atoms with van der Waals surface area (Å²) in [6.45, 7) is 0.445. The van der Waals surface area contributed by atoms with Crippen molar-refractivity contribution in [2.24, 2.45) is 5.84 Å². The largest absolute Gasteiger partial charge is 0.493 e. The monoisotopic (exact) mass is 388 g/mol. The lowest BCUT2D eigenvalue weighted by Gasteiger charge is -2.15. The van der Waals surface area contributed by atoms with Crippen molar-refractivity contribution in [1.29, 1.82) is 0 Å². The summed E-state index contributed by atoms with van der Waals surface area (Å²) in [6, 6.07) is 5.68. The molecule has 9 nitrogen and oxygen atoms in total. The number of carboxylic acid groups (broad SMARTS) is 2. The summed E-state index contributed by atoms with van der Waals surface area (Å²) in [6.07, 6.45) is 0.656. The second-order valence-corrected chi connectivity index (χ2v) is 6.02. The summed E-state index contributed by atoms with van der Waals surface area (Å²) in [5.41, 5.74) is 0. The van der Waals surface area contributed by atoms with Gasteiger partial charge in [0.05, 0.1) is 20.3 Å². The molecular formula is C16H24N2O7S. The van der Waals surface area contributed by atoms with Gasteiger partial charge in [-0.15, -0.1) is 11.8 Å². The predicted molar refractivity (Wildman–Crippen MR) is 97.5 cm³/mol. The van der Waals surface area contributed by atoms with Crippen molar-refractivity contribution < 1.29 is 34.4 Å². The Morgan fingerprint density at radius 1 is 1.19 bits per heavy atom. The number of aliphatic carboxylic acids is 2. The number of aliphatic hydroxyl groups excluding tert-OH is 1. The van der Waals surface area contributed by atoms with Gasteiger partial charge in [-0.05, 0) is 18.2 Å². The van der Waals surface area contributed by atoms with E-state index in [-0.39, 0.29) is 0 Å². The number of carbonyl (C=O) groups is 2. The molecule has 1 aromatic rings. The van der Waals surface area contributed by atoms with Gasteiger partial charge in [-0.25, -0.2) is 14.6 Å². The number of rotatable bonds is 9. The van der Waals surface area contributed by atoms with Gasteiger partial charge in [0.1, 0.15) is 0 Å². The van der Waals surface area contributed by atoms with Crippen LogP contribution in [0, 0.1) is 0 Å². The molecule has 146 valence electrons. The number of benzene rings is 1. The summed E-state index contributed by atoms with van der Waals surface area (Å²) in [5, 5.41) is 26.8. The minimum absolute atomic E-state index is 0.445. The Morgan fingerprint density at radius 2 is 1.73 bits per heavy atom. The first-order valence-corrected chi connectivity index (χ1v) is 8.30. The van der Waals surface area contributed by atoms with Gasteiger partial charge in [-0.1, -0.05) is 0 Å². The summed E-state index contributed by atoms with van der Waals surface area (Å²) in [4.78, 5) is 20.1. The minimum atomic E-state index is -1.26. The van der Waals surface area contributed by atoms with E-state index in [9.17, 15) is 14.7 Å². The van der Waals surface area contributed by atoms with Crippen LogP contribution in [-0.2, 0) is 9.59 Å². The Hall–Kier alpha value is -2.27. The maximum atomic E-state index is 9.71. The number of nitrogens with zero attached hydrogens (tertiary/aromatic N) is 1. The number of carboxylic acids is 2. The van der Waals surface area contributed by atoms with E-state index in [1.165, 1.54) is 5.01 Å². The average Bonchev–Trinajstić information content (AvgIpc) is 2.57. The average molecular weight is 388 g/mol. The number of methoxy groups -OCH3 is 2. The van der Waals surface area contributed by atoms with Crippen LogP contribution < -0.4 is 15.3 Å². The highest BCUT2D eigenvalue weighted by Gasteiger charge is 2.09. The molecule has 0 aliphatic carbocycles. The van der Waals surface area contributed by atoms with Crippen molar-refractivity contribution >= 4 is 23.7 Å². The molecular weight excluding hydrogens is 364 g/mol. The summed E-state index contributed by atoms with van der Waals surface area (Å²) in [7, 11) is 4.93. The predicted octanol–water partition coefficient (Wildman–Crippen LogP) is 0.674. The Kier molecular flexibility index (Phi) is 11.9. The van der Waals surface area contributed by atoms with Crippen LogP contribution in [0.15, 0.2) is 35.2 Å². The molecule has 1 rings (SSSR count). The molecule has 0 amide bonds. The van der Waals surface area contributed by atoms with Gasteiger partial charge >= 0.3 is 11.9 Å². The number of thioether (sulfide) groups is 1. The van der Waals surface area contributed by atoms with Crippen molar-refractivity contribution in [1.82, 2.24) is 5.01 Å². The lowest BCUT2D eigenvalue weighted by molar-refractivity contribution is -0.134. The Labute approximate surface area is 156 Å². The van der Waals surface area contributed by atoms with E-state index in [2.05, 4.69) is 0 Å². The third-order valence-electron chi connectivity index (χ3n) is 2.66. The van der Waals surface area contributed by atoms with E-state index in [0.29, 0.717) is 35.9 Å². The van der Waals surface area contributed by atoms with Crippen LogP contribution in [0.5, 0.6) is 11.5 Å². The molecule has 0 saturated carbocycles. The van der Waals surface area contributed by atoms with Crippen molar-refractivity contribution in [2.45, 2.75) is 11.0 Å². The van der Waals surface area contributed by atoms with E-state index in [1.54, 1.807) is 33.0 Å². The Balaban J connectivity index is 0.000000660. The van der Waals surface area contributed by atoms with Gasteiger partial charge in [-0.2, -0.15) is 0 Å². The number of likely N-dealkylation sites (N-methyl/N-ethyl adjacent to an activating group) is 1. The summed E-state index contributed by atoms with van der Waals surface area (Å²) >= 11 is 1.55. The molecule has 0 heterocycles. The SMILES string of the molecule is COc1ccc(SCC(O)CN(C)N)cc1OC.O=C(O)/C=C/C(=O)O. The van der Waals surface area contributed by atoms with Gasteiger partial charge in [0.15, 0.2) is 11.5 Å². The summed E-state index contributed by atoms with van der Waals surface area (Å²) < 4.78 is 10.4. The first-order chi connectivity index (χ1) is 12.2. The molecule has 10 heteroatoms. The molecule has 1 aromatic carbocycles. The lowest BCUT2D eigenvalue weighted by atomic mass is 10.3. The molecule has 1 unspecified atom stereocenters. The van der Waals surface area contributed by atoms with E-state index >= 15 is 0 Å².